The van der Waals surface area contributed by atoms with Crippen LogP contribution < -0.4 is 5.32 Å². The highest BCUT2D eigenvalue weighted by Gasteiger charge is 2.31. The summed E-state index contributed by atoms with van der Waals surface area (Å²) in [7, 11) is -3.02. The molecule has 3 unspecified atom stereocenters. The van der Waals surface area contributed by atoms with Crippen molar-refractivity contribution in [2.24, 2.45) is 0 Å². The molecule has 0 aromatic heterocycles. The minimum absolute atomic E-state index is 0.0334. The van der Waals surface area contributed by atoms with Crippen molar-refractivity contribution in [3.05, 3.63) is 0 Å². The van der Waals surface area contributed by atoms with Crippen molar-refractivity contribution >= 4 is 15.9 Å². The van der Waals surface area contributed by atoms with Gasteiger partial charge in [-0.1, -0.05) is 13.3 Å². The number of hydrogen-bond acceptors (Lipinski definition) is 4. The Labute approximate surface area is 127 Å². The minimum Gasteiger partial charge on any atom is -0.375 e. The fraction of sp³-hybridized carbons (Fsp3) is 0.929. The molecule has 1 heterocycles. The van der Waals surface area contributed by atoms with Crippen molar-refractivity contribution in [1.29, 1.82) is 0 Å². The molecule has 1 saturated carbocycles. The zero-order chi connectivity index (χ0) is 15.5. The molecule has 0 aromatic rings. The second kappa shape index (κ2) is 6.96. The van der Waals surface area contributed by atoms with E-state index in [-0.39, 0.29) is 23.4 Å². The van der Waals surface area contributed by atoms with Gasteiger partial charge in [0, 0.05) is 25.4 Å². The molecule has 0 bridgehead atoms. The number of nitrogens with zero attached hydrogens (tertiary/aromatic N) is 1. The highest BCUT2D eigenvalue weighted by atomic mass is 32.2. The molecule has 0 spiro atoms. The lowest BCUT2D eigenvalue weighted by Crippen LogP contribution is -2.52. The zero-order valence-electron chi connectivity index (χ0n) is 12.9. The molecule has 21 heavy (non-hydrogen) atoms. The summed E-state index contributed by atoms with van der Waals surface area (Å²) < 4.78 is 28.9. The number of carbonyl (C=O) groups excluding carboxylic acids is 1. The summed E-state index contributed by atoms with van der Waals surface area (Å²) in [5, 5.41) is 2.69. The summed E-state index contributed by atoms with van der Waals surface area (Å²) in [5.41, 5.74) is 0. The predicted octanol–water partition coefficient (Wildman–Crippen LogP) is 1.16. The molecule has 1 aliphatic carbocycles. The highest BCUT2D eigenvalue weighted by molar-refractivity contribution is 7.91. The first-order valence-electron chi connectivity index (χ1n) is 7.76. The number of carbonyl (C=O) groups is 1. The van der Waals surface area contributed by atoms with Gasteiger partial charge in [-0.3, -0.25) is 0 Å². The predicted molar refractivity (Wildman–Crippen MR) is 81.0 cm³/mol. The third-order valence-corrected chi connectivity index (χ3v) is 6.08. The number of urea groups is 1. The molecule has 2 rings (SSSR count). The van der Waals surface area contributed by atoms with Gasteiger partial charge in [0.2, 0.25) is 0 Å². The Morgan fingerprint density at radius 1 is 1.38 bits per heavy atom. The van der Waals surface area contributed by atoms with Crippen molar-refractivity contribution in [2.75, 3.05) is 26.0 Å². The molecule has 2 fully saturated rings. The van der Waals surface area contributed by atoms with E-state index in [1.165, 1.54) is 6.26 Å². The summed E-state index contributed by atoms with van der Waals surface area (Å²) in [4.78, 5) is 14.1. The van der Waals surface area contributed by atoms with Crippen LogP contribution in [0, 0.1) is 0 Å². The van der Waals surface area contributed by atoms with Crippen LogP contribution in [0.3, 0.4) is 0 Å². The SMILES string of the molecule is CCC1CN(C(=O)NC2CCCC(S(C)(=O)=O)C2)CCO1. The molecule has 0 aromatic carbocycles. The normalized spacial score (nSPS) is 31.0. The fourth-order valence-corrected chi connectivity index (χ4v) is 4.26. The topological polar surface area (TPSA) is 75.7 Å². The Morgan fingerprint density at radius 3 is 2.81 bits per heavy atom. The van der Waals surface area contributed by atoms with Crippen LogP contribution in [0.25, 0.3) is 0 Å². The monoisotopic (exact) mass is 318 g/mol. The van der Waals surface area contributed by atoms with E-state index >= 15 is 0 Å². The van der Waals surface area contributed by atoms with E-state index in [0.717, 1.165) is 19.3 Å². The van der Waals surface area contributed by atoms with E-state index in [9.17, 15) is 13.2 Å². The van der Waals surface area contributed by atoms with Gasteiger partial charge >= 0.3 is 6.03 Å². The van der Waals surface area contributed by atoms with E-state index in [0.29, 0.717) is 32.5 Å². The van der Waals surface area contributed by atoms with Gasteiger partial charge in [0.05, 0.1) is 18.0 Å². The Balaban J connectivity index is 1.87. The first-order valence-corrected chi connectivity index (χ1v) is 9.71. The molecule has 7 heteroatoms. The first-order chi connectivity index (χ1) is 9.90. The van der Waals surface area contributed by atoms with Crippen molar-refractivity contribution in [2.45, 2.75) is 56.4 Å². The number of sulfone groups is 1. The molecule has 1 N–H and O–H groups in total. The van der Waals surface area contributed by atoms with E-state index in [2.05, 4.69) is 5.32 Å². The Bertz CT molecular complexity index is 466. The van der Waals surface area contributed by atoms with E-state index in [1.807, 2.05) is 6.92 Å². The van der Waals surface area contributed by atoms with Crippen molar-refractivity contribution < 1.29 is 17.9 Å². The molecule has 6 nitrogen and oxygen atoms in total. The van der Waals surface area contributed by atoms with Crippen LogP contribution in [-0.4, -0.2) is 62.7 Å². The second-order valence-electron chi connectivity index (χ2n) is 6.11. The number of nitrogens with one attached hydrogen (secondary N) is 1. The first kappa shape index (κ1) is 16.5. The maximum Gasteiger partial charge on any atom is 0.317 e. The lowest BCUT2D eigenvalue weighted by molar-refractivity contribution is -0.0158. The summed E-state index contributed by atoms with van der Waals surface area (Å²) >= 11 is 0. The van der Waals surface area contributed by atoms with Crippen LogP contribution in [0.5, 0.6) is 0 Å². The highest BCUT2D eigenvalue weighted by Crippen LogP contribution is 2.24. The quantitative estimate of drug-likeness (QED) is 0.847. The van der Waals surface area contributed by atoms with Gasteiger partial charge in [-0.15, -0.1) is 0 Å². The maximum absolute atomic E-state index is 12.3. The number of ether oxygens (including phenoxy) is 1. The minimum atomic E-state index is -3.02. The van der Waals surface area contributed by atoms with Crippen LogP contribution >= 0.6 is 0 Å². The molecule has 1 aliphatic heterocycles. The van der Waals surface area contributed by atoms with Gasteiger partial charge < -0.3 is 15.0 Å². The third-order valence-electron chi connectivity index (χ3n) is 4.44. The summed E-state index contributed by atoms with van der Waals surface area (Å²) in [5.74, 6) is 0. The number of rotatable bonds is 3. The average molecular weight is 318 g/mol. The molecule has 122 valence electrons. The van der Waals surface area contributed by atoms with Gasteiger partial charge in [0.15, 0.2) is 0 Å². The Morgan fingerprint density at radius 2 is 2.14 bits per heavy atom. The third kappa shape index (κ3) is 4.57. The fourth-order valence-electron chi connectivity index (χ4n) is 3.08. The molecule has 0 radical (unpaired) electrons. The molecule has 1 saturated heterocycles. The van der Waals surface area contributed by atoms with Gasteiger partial charge in [0.25, 0.3) is 0 Å². The van der Waals surface area contributed by atoms with Crippen LogP contribution in [0.1, 0.15) is 39.0 Å². The lowest BCUT2D eigenvalue weighted by Gasteiger charge is -2.35. The number of amides is 2. The van der Waals surface area contributed by atoms with Crippen LogP contribution in [0.2, 0.25) is 0 Å². The van der Waals surface area contributed by atoms with Gasteiger partial charge in [0.1, 0.15) is 9.84 Å². The number of morpholine rings is 1. The zero-order valence-corrected chi connectivity index (χ0v) is 13.7. The number of hydrogen-bond donors (Lipinski definition) is 1. The standard InChI is InChI=1S/C14H26N2O4S/c1-3-12-10-16(7-8-20-12)14(17)15-11-5-4-6-13(9-11)21(2,18)19/h11-13H,3-10H2,1-2H3,(H,15,17). The van der Waals surface area contributed by atoms with Crippen LogP contribution in [0.4, 0.5) is 4.79 Å². The van der Waals surface area contributed by atoms with Gasteiger partial charge in [-0.05, 0) is 25.7 Å². The summed E-state index contributed by atoms with van der Waals surface area (Å²) in [6.45, 7) is 3.83. The Hall–Kier alpha value is -0.820. The molecule has 3 atom stereocenters. The Kier molecular flexibility index (Phi) is 5.48. The van der Waals surface area contributed by atoms with Crippen molar-refractivity contribution in [1.82, 2.24) is 10.2 Å². The van der Waals surface area contributed by atoms with E-state index in [1.54, 1.807) is 4.90 Å². The van der Waals surface area contributed by atoms with Crippen LogP contribution in [-0.2, 0) is 14.6 Å². The van der Waals surface area contributed by atoms with Gasteiger partial charge in [-0.2, -0.15) is 0 Å². The second-order valence-corrected chi connectivity index (χ2v) is 8.44. The van der Waals surface area contributed by atoms with E-state index in [4.69, 9.17) is 4.74 Å². The molecular formula is C14H26N2O4S. The summed E-state index contributed by atoms with van der Waals surface area (Å²) in [6, 6.07) is -0.121. The van der Waals surface area contributed by atoms with Crippen molar-refractivity contribution in [3.8, 4) is 0 Å². The molecular weight excluding hydrogens is 292 g/mol. The molecule has 2 aliphatic rings. The molecule has 2 amide bonds. The van der Waals surface area contributed by atoms with Crippen molar-refractivity contribution in [3.63, 3.8) is 0 Å². The van der Waals surface area contributed by atoms with E-state index < -0.39 is 9.84 Å². The van der Waals surface area contributed by atoms with Gasteiger partial charge in [-0.25, -0.2) is 13.2 Å². The van der Waals surface area contributed by atoms with Crippen LogP contribution in [0.15, 0.2) is 0 Å². The largest absolute Gasteiger partial charge is 0.375 e. The smallest absolute Gasteiger partial charge is 0.317 e. The maximum atomic E-state index is 12.3. The summed E-state index contributed by atoms with van der Waals surface area (Å²) in [6.07, 6.45) is 5.24. The average Bonchev–Trinajstić information content (AvgIpc) is 2.46. The lowest BCUT2D eigenvalue weighted by atomic mass is 9.95.